The Morgan fingerprint density at radius 1 is 1.67 bits per heavy atom. The lowest BCUT2D eigenvalue weighted by Gasteiger charge is -2.06. The van der Waals surface area contributed by atoms with Crippen LogP contribution in [0.2, 0.25) is 0 Å². The molecular weight excluding hydrogens is 238 g/mol. The van der Waals surface area contributed by atoms with Crippen molar-refractivity contribution in [1.29, 1.82) is 0 Å². The van der Waals surface area contributed by atoms with Crippen molar-refractivity contribution in [3.63, 3.8) is 0 Å². The van der Waals surface area contributed by atoms with E-state index in [1.54, 1.807) is 0 Å². The van der Waals surface area contributed by atoms with Crippen LogP contribution in [0.15, 0.2) is 21.2 Å². The molecule has 0 aliphatic carbocycles. The summed E-state index contributed by atoms with van der Waals surface area (Å²) in [5, 5.41) is 3.77. The molecule has 1 aliphatic rings. The molecule has 0 saturated carbocycles. The summed E-state index contributed by atoms with van der Waals surface area (Å²) in [7, 11) is 0. The van der Waals surface area contributed by atoms with Crippen LogP contribution in [0.1, 0.15) is 18.1 Å². The lowest BCUT2D eigenvalue weighted by atomic mass is 10.3. The molecule has 2 heterocycles. The first-order valence-corrected chi connectivity index (χ1v) is 5.73. The van der Waals surface area contributed by atoms with Gasteiger partial charge >= 0.3 is 0 Å². The number of furan rings is 1. The van der Waals surface area contributed by atoms with Gasteiger partial charge in [-0.1, -0.05) is 0 Å². The molecule has 66 valence electrons. The Morgan fingerprint density at radius 3 is 3.00 bits per heavy atom. The van der Waals surface area contributed by atoms with Gasteiger partial charge in [0.25, 0.3) is 0 Å². The minimum absolute atomic E-state index is 0.339. The van der Waals surface area contributed by atoms with Crippen molar-refractivity contribution in [2.75, 3.05) is 5.75 Å². The highest BCUT2D eigenvalue weighted by atomic mass is 79.9. The molecule has 4 heteroatoms. The van der Waals surface area contributed by atoms with Gasteiger partial charge in [0.1, 0.15) is 11.1 Å². The Balaban J connectivity index is 2.11. The largest absolute Gasteiger partial charge is 0.452 e. The van der Waals surface area contributed by atoms with Gasteiger partial charge in [0.2, 0.25) is 0 Å². The van der Waals surface area contributed by atoms with Crippen molar-refractivity contribution < 1.29 is 4.42 Å². The molecule has 1 N–H and O–H groups in total. The molecule has 0 amide bonds. The first-order chi connectivity index (χ1) is 5.75. The lowest BCUT2D eigenvalue weighted by Crippen LogP contribution is -2.21. The van der Waals surface area contributed by atoms with E-state index < -0.39 is 0 Å². The summed E-state index contributed by atoms with van der Waals surface area (Å²) in [5.74, 6) is 2.17. The number of hydrogen-bond donors (Lipinski definition) is 1. The van der Waals surface area contributed by atoms with E-state index in [9.17, 15) is 0 Å². The molecular formula is C8H10BrNOS. The zero-order chi connectivity index (χ0) is 8.55. The molecule has 0 radical (unpaired) electrons. The fourth-order valence-corrected chi connectivity index (χ4v) is 2.74. The number of hydrogen-bond acceptors (Lipinski definition) is 3. The van der Waals surface area contributed by atoms with Gasteiger partial charge in [-0.3, -0.25) is 5.32 Å². The van der Waals surface area contributed by atoms with Gasteiger partial charge in [0.15, 0.2) is 4.67 Å². The highest BCUT2D eigenvalue weighted by Gasteiger charge is 2.24. The fourth-order valence-electron chi connectivity index (χ4n) is 1.23. The maximum Gasteiger partial charge on any atom is 0.169 e. The van der Waals surface area contributed by atoms with Gasteiger partial charge in [0.05, 0.1) is 0 Å². The van der Waals surface area contributed by atoms with Gasteiger partial charge in [-0.2, -0.15) is 0 Å². The van der Waals surface area contributed by atoms with Crippen molar-refractivity contribution in [2.24, 2.45) is 0 Å². The molecule has 2 rings (SSSR count). The Morgan fingerprint density at radius 2 is 2.50 bits per heavy atom. The van der Waals surface area contributed by atoms with E-state index in [4.69, 9.17) is 4.42 Å². The number of nitrogens with one attached hydrogen (secondary N) is 1. The highest BCUT2D eigenvalue weighted by molar-refractivity contribution is 9.10. The van der Waals surface area contributed by atoms with E-state index in [1.165, 1.54) is 0 Å². The van der Waals surface area contributed by atoms with Gasteiger partial charge in [-0.25, -0.2) is 0 Å². The molecule has 1 aromatic rings. The third-order valence-corrected chi connectivity index (χ3v) is 3.62. The Kier molecular flexibility index (Phi) is 2.48. The maximum absolute atomic E-state index is 5.45. The molecule has 12 heavy (non-hydrogen) atoms. The second kappa shape index (κ2) is 3.44. The molecule has 0 aromatic carbocycles. The smallest absolute Gasteiger partial charge is 0.169 e. The normalized spacial score (nSPS) is 29.5. The Labute approximate surface area is 84.2 Å². The number of rotatable bonds is 1. The van der Waals surface area contributed by atoms with E-state index in [1.807, 2.05) is 23.9 Å². The van der Waals surface area contributed by atoms with E-state index in [-0.39, 0.29) is 0 Å². The van der Waals surface area contributed by atoms with E-state index in [0.29, 0.717) is 11.4 Å². The third kappa shape index (κ3) is 1.70. The second-order valence-electron chi connectivity index (χ2n) is 2.92. The van der Waals surface area contributed by atoms with Crippen LogP contribution in [0.4, 0.5) is 0 Å². The van der Waals surface area contributed by atoms with Crippen molar-refractivity contribution in [1.82, 2.24) is 5.32 Å². The fraction of sp³-hybridized carbons (Fsp3) is 0.500. The van der Waals surface area contributed by atoms with Crippen LogP contribution in [-0.4, -0.2) is 11.8 Å². The van der Waals surface area contributed by atoms with Crippen LogP contribution in [0.5, 0.6) is 0 Å². The third-order valence-electron chi connectivity index (χ3n) is 1.80. The molecule has 1 aromatic heterocycles. The first-order valence-electron chi connectivity index (χ1n) is 3.88. The zero-order valence-electron chi connectivity index (χ0n) is 6.71. The summed E-state index contributed by atoms with van der Waals surface area (Å²) in [4.78, 5) is 0. The molecule has 2 nitrogen and oxygen atoms in total. The minimum atomic E-state index is 0.339. The molecule has 0 bridgehead atoms. The van der Waals surface area contributed by atoms with Crippen LogP contribution in [0.25, 0.3) is 0 Å². The molecule has 2 atom stereocenters. The predicted octanol–water partition coefficient (Wildman–Crippen LogP) is 2.77. The van der Waals surface area contributed by atoms with Crippen molar-refractivity contribution in [3.05, 3.63) is 22.6 Å². The van der Waals surface area contributed by atoms with Crippen LogP contribution in [-0.2, 0) is 0 Å². The number of halogens is 1. The molecule has 1 fully saturated rings. The van der Waals surface area contributed by atoms with Crippen LogP contribution in [0, 0.1) is 0 Å². The van der Waals surface area contributed by atoms with Gasteiger partial charge in [0, 0.05) is 11.8 Å². The quantitative estimate of drug-likeness (QED) is 0.827. The lowest BCUT2D eigenvalue weighted by molar-refractivity contribution is 0.456. The Hall–Kier alpha value is 0.0700. The highest BCUT2D eigenvalue weighted by Crippen LogP contribution is 2.34. The first kappa shape index (κ1) is 8.66. The number of thioether (sulfide) groups is 1. The van der Waals surface area contributed by atoms with Crippen LogP contribution >= 0.6 is 27.7 Å². The summed E-state index contributed by atoms with van der Waals surface area (Å²) in [6.45, 7) is 2.19. The van der Waals surface area contributed by atoms with Gasteiger partial charge < -0.3 is 4.42 Å². The average Bonchev–Trinajstić information content (AvgIpc) is 2.58. The van der Waals surface area contributed by atoms with E-state index in [2.05, 4.69) is 28.2 Å². The summed E-state index contributed by atoms with van der Waals surface area (Å²) in [6, 6.07) is 4.52. The minimum Gasteiger partial charge on any atom is -0.452 e. The SMILES string of the molecule is CC1CSC(c2ccc(Br)o2)N1. The van der Waals surface area contributed by atoms with Gasteiger partial charge in [-0.05, 0) is 35.0 Å². The van der Waals surface area contributed by atoms with Crippen molar-refractivity contribution in [2.45, 2.75) is 18.3 Å². The topological polar surface area (TPSA) is 25.2 Å². The van der Waals surface area contributed by atoms with Crippen molar-refractivity contribution in [3.8, 4) is 0 Å². The summed E-state index contributed by atoms with van der Waals surface area (Å²) in [5.41, 5.74) is 0. The van der Waals surface area contributed by atoms with E-state index >= 15 is 0 Å². The van der Waals surface area contributed by atoms with Gasteiger partial charge in [-0.15, -0.1) is 11.8 Å². The average molecular weight is 248 g/mol. The van der Waals surface area contributed by atoms with E-state index in [0.717, 1.165) is 16.2 Å². The molecule has 0 spiro atoms. The summed E-state index contributed by atoms with van der Waals surface area (Å²) < 4.78 is 6.25. The zero-order valence-corrected chi connectivity index (χ0v) is 9.11. The van der Waals surface area contributed by atoms with Crippen molar-refractivity contribution >= 4 is 27.7 Å². The second-order valence-corrected chi connectivity index (χ2v) is 4.84. The molecule has 1 aliphatic heterocycles. The molecule has 1 saturated heterocycles. The summed E-state index contributed by atoms with van der Waals surface area (Å²) >= 11 is 5.18. The molecule has 2 unspecified atom stereocenters. The standard InChI is InChI=1S/C8H10BrNOS/c1-5-4-12-8(10-5)6-2-3-7(9)11-6/h2-3,5,8,10H,4H2,1H3. The Bertz CT molecular complexity index is 276. The predicted molar refractivity (Wildman–Crippen MR) is 54.2 cm³/mol. The summed E-state index contributed by atoms with van der Waals surface area (Å²) in [6.07, 6.45) is 0. The maximum atomic E-state index is 5.45. The monoisotopic (exact) mass is 247 g/mol. The van der Waals surface area contributed by atoms with Crippen LogP contribution in [0.3, 0.4) is 0 Å². The van der Waals surface area contributed by atoms with Crippen LogP contribution < -0.4 is 5.32 Å².